The van der Waals surface area contributed by atoms with Gasteiger partial charge in [0.1, 0.15) is 11.6 Å². The maximum Gasteiger partial charge on any atom is 0.335 e. The molecular weight excluding hydrogens is 452 g/mol. The van der Waals surface area contributed by atoms with Crippen molar-refractivity contribution in [3.63, 3.8) is 0 Å². The summed E-state index contributed by atoms with van der Waals surface area (Å²) in [6.07, 6.45) is 5.03. The first-order chi connectivity index (χ1) is 16.2. The van der Waals surface area contributed by atoms with Crippen molar-refractivity contribution in [1.82, 2.24) is 9.97 Å². The van der Waals surface area contributed by atoms with Crippen molar-refractivity contribution in [2.24, 2.45) is 5.92 Å². The fourth-order valence-electron chi connectivity index (χ4n) is 4.90. The molecule has 2 aliphatic rings. The van der Waals surface area contributed by atoms with Gasteiger partial charge in [0.15, 0.2) is 0 Å². The second-order valence-electron chi connectivity index (χ2n) is 8.70. The molecule has 0 bridgehead atoms. The van der Waals surface area contributed by atoms with Crippen LogP contribution < -0.4 is 10.0 Å². The van der Waals surface area contributed by atoms with Crippen molar-refractivity contribution in [1.29, 1.82) is 0 Å². The number of rotatable bonds is 5. The number of aromatic nitrogens is 2. The van der Waals surface area contributed by atoms with E-state index < -0.39 is 16.0 Å². The summed E-state index contributed by atoms with van der Waals surface area (Å²) in [4.78, 5) is 20.0. The van der Waals surface area contributed by atoms with Crippen LogP contribution in [0.2, 0.25) is 0 Å². The Bertz CT molecular complexity index is 1410. The third-order valence-corrected chi connectivity index (χ3v) is 7.69. The van der Waals surface area contributed by atoms with E-state index in [1.807, 2.05) is 6.07 Å². The Morgan fingerprint density at radius 1 is 1.12 bits per heavy atom. The molecule has 0 fully saturated rings. The molecule has 0 radical (unpaired) electrons. The number of carboxylic acid groups (broad SMARTS) is 1. The first-order valence-electron chi connectivity index (χ1n) is 11.0. The zero-order valence-corrected chi connectivity index (χ0v) is 19.5. The summed E-state index contributed by atoms with van der Waals surface area (Å²) >= 11 is 0. The molecule has 1 aliphatic heterocycles. The quantitative estimate of drug-likeness (QED) is 0.466. The molecule has 174 valence electrons. The van der Waals surface area contributed by atoms with E-state index in [0.29, 0.717) is 11.5 Å². The normalized spacial score (nSPS) is 20.8. The van der Waals surface area contributed by atoms with Crippen LogP contribution in [0.25, 0.3) is 0 Å². The van der Waals surface area contributed by atoms with E-state index in [-0.39, 0.29) is 34.2 Å². The molecular formula is C25H24N4O4S. The fourth-order valence-corrected chi connectivity index (χ4v) is 5.93. The molecule has 3 aromatic rings. The van der Waals surface area contributed by atoms with Crippen LogP contribution in [0.1, 0.15) is 51.4 Å². The number of nitrogens with zero attached hydrogens (tertiary/aromatic N) is 2. The minimum absolute atomic E-state index is 0.0217. The molecule has 2 heterocycles. The number of aromatic carboxylic acids is 1. The van der Waals surface area contributed by atoms with Crippen molar-refractivity contribution in [3.05, 3.63) is 88.9 Å². The molecule has 0 amide bonds. The summed E-state index contributed by atoms with van der Waals surface area (Å²) in [5.74, 6) is -0.0687. The predicted molar refractivity (Wildman–Crippen MR) is 129 cm³/mol. The number of aryl methyl sites for hydroxylation is 2. The van der Waals surface area contributed by atoms with Gasteiger partial charge in [-0.05, 0) is 67.6 Å². The van der Waals surface area contributed by atoms with E-state index in [9.17, 15) is 18.3 Å². The highest BCUT2D eigenvalue weighted by Gasteiger charge is 2.38. The number of fused-ring (bicyclic) bond motifs is 3. The highest BCUT2D eigenvalue weighted by atomic mass is 32.2. The van der Waals surface area contributed by atoms with Crippen LogP contribution in [0.3, 0.4) is 0 Å². The maximum atomic E-state index is 13.1. The minimum Gasteiger partial charge on any atom is -0.478 e. The van der Waals surface area contributed by atoms with Crippen LogP contribution >= 0.6 is 0 Å². The molecule has 9 heteroatoms. The average Bonchev–Trinajstić information content (AvgIpc) is 3.27. The number of hydrogen-bond donors (Lipinski definition) is 3. The molecule has 0 saturated carbocycles. The van der Waals surface area contributed by atoms with Crippen LogP contribution in [-0.2, 0) is 10.0 Å². The first-order valence-corrected chi connectivity index (χ1v) is 12.4. The standard InChI is InChI=1S/C25H24N4O4S/c1-14-11-23(27-15(2)26-14)29-34(32,33)18-9-10-22-21(13-18)19-7-4-8-20(19)24(28-22)16-5-3-6-17(12-16)25(30)31/h3-7,9-13,19-20,24,28H,8H2,1-2H3,(H,30,31)(H,26,27,29)/t19-,20-,24-/m1/s1. The second-order valence-corrected chi connectivity index (χ2v) is 10.4. The van der Waals surface area contributed by atoms with Crippen LogP contribution in [0, 0.1) is 19.8 Å². The topological polar surface area (TPSA) is 121 Å². The second kappa shape index (κ2) is 8.25. The fraction of sp³-hybridized carbons (Fsp3) is 0.240. The van der Waals surface area contributed by atoms with Gasteiger partial charge < -0.3 is 10.4 Å². The summed E-state index contributed by atoms with van der Waals surface area (Å²) in [5.41, 5.74) is 3.57. The summed E-state index contributed by atoms with van der Waals surface area (Å²) in [7, 11) is -3.85. The molecule has 1 aromatic heterocycles. The van der Waals surface area contributed by atoms with Gasteiger partial charge in [0.05, 0.1) is 16.5 Å². The van der Waals surface area contributed by atoms with E-state index in [1.54, 1.807) is 56.3 Å². The summed E-state index contributed by atoms with van der Waals surface area (Å²) in [6.45, 7) is 3.50. The molecule has 34 heavy (non-hydrogen) atoms. The number of hydrogen-bond acceptors (Lipinski definition) is 6. The molecule has 1 aliphatic carbocycles. The Labute approximate surface area is 197 Å². The number of nitrogens with one attached hydrogen (secondary N) is 2. The van der Waals surface area contributed by atoms with Gasteiger partial charge >= 0.3 is 5.97 Å². The number of carboxylic acids is 1. The third kappa shape index (κ3) is 4.03. The molecule has 0 unspecified atom stereocenters. The Hall–Kier alpha value is -3.72. The Kier molecular flexibility index (Phi) is 5.36. The highest BCUT2D eigenvalue weighted by Crippen LogP contribution is 2.50. The largest absolute Gasteiger partial charge is 0.478 e. The van der Waals surface area contributed by atoms with E-state index in [4.69, 9.17) is 0 Å². The SMILES string of the molecule is Cc1cc(NS(=O)(=O)c2ccc3c(c2)[C@@H]2C=CC[C@H]2[C@@H](c2cccc(C(=O)O)c2)N3)nc(C)n1. The Balaban J connectivity index is 1.49. The number of allylic oxidation sites excluding steroid dienone is 2. The number of carbonyl (C=O) groups is 1. The molecule has 5 rings (SSSR count). The van der Waals surface area contributed by atoms with Gasteiger partial charge in [-0.3, -0.25) is 4.72 Å². The number of benzene rings is 2. The zero-order chi connectivity index (χ0) is 24.0. The van der Waals surface area contributed by atoms with E-state index >= 15 is 0 Å². The first kappa shape index (κ1) is 22.1. The molecule has 8 nitrogen and oxygen atoms in total. The van der Waals surface area contributed by atoms with Gasteiger partial charge in [-0.1, -0.05) is 24.3 Å². The predicted octanol–water partition coefficient (Wildman–Crippen LogP) is 4.42. The molecule has 2 aromatic carbocycles. The summed E-state index contributed by atoms with van der Waals surface area (Å²) < 4.78 is 28.8. The van der Waals surface area contributed by atoms with Crippen molar-refractivity contribution in [3.8, 4) is 0 Å². The maximum absolute atomic E-state index is 13.1. The molecule has 0 spiro atoms. The highest BCUT2D eigenvalue weighted by molar-refractivity contribution is 7.92. The smallest absolute Gasteiger partial charge is 0.335 e. The lowest BCUT2D eigenvalue weighted by atomic mass is 9.77. The zero-order valence-electron chi connectivity index (χ0n) is 18.7. The summed E-state index contributed by atoms with van der Waals surface area (Å²) in [5, 5.41) is 12.9. The lowest BCUT2D eigenvalue weighted by molar-refractivity contribution is 0.0696. The van der Waals surface area contributed by atoms with Crippen LogP contribution in [0.15, 0.2) is 65.6 Å². The van der Waals surface area contributed by atoms with Crippen molar-refractivity contribution >= 4 is 27.5 Å². The van der Waals surface area contributed by atoms with E-state index in [1.165, 1.54) is 0 Å². The monoisotopic (exact) mass is 476 g/mol. The van der Waals surface area contributed by atoms with Gasteiger partial charge in [-0.25, -0.2) is 23.2 Å². The van der Waals surface area contributed by atoms with Crippen molar-refractivity contribution in [2.75, 3.05) is 10.0 Å². The van der Waals surface area contributed by atoms with Crippen LogP contribution in [-0.4, -0.2) is 29.5 Å². The average molecular weight is 477 g/mol. The van der Waals surface area contributed by atoms with Crippen molar-refractivity contribution in [2.45, 2.75) is 37.1 Å². The lowest BCUT2D eigenvalue weighted by Crippen LogP contribution is -2.29. The number of sulfonamides is 1. The van der Waals surface area contributed by atoms with Gasteiger partial charge in [-0.15, -0.1) is 0 Å². The third-order valence-electron chi connectivity index (χ3n) is 6.34. The molecule has 3 atom stereocenters. The Morgan fingerprint density at radius 2 is 1.94 bits per heavy atom. The minimum atomic E-state index is -3.85. The summed E-state index contributed by atoms with van der Waals surface area (Å²) in [6, 6.07) is 13.5. The lowest BCUT2D eigenvalue weighted by Gasteiger charge is -2.37. The van der Waals surface area contributed by atoms with E-state index in [0.717, 1.165) is 23.2 Å². The van der Waals surface area contributed by atoms with Crippen LogP contribution in [0.4, 0.5) is 11.5 Å². The van der Waals surface area contributed by atoms with Crippen LogP contribution in [0.5, 0.6) is 0 Å². The van der Waals surface area contributed by atoms with Gasteiger partial charge in [0.2, 0.25) is 0 Å². The van der Waals surface area contributed by atoms with Gasteiger partial charge in [0.25, 0.3) is 10.0 Å². The Morgan fingerprint density at radius 3 is 2.71 bits per heavy atom. The van der Waals surface area contributed by atoms with Crippen molar-refractivity contribution < 1.29 is 18.3 Å². The van der Waals surface area contributed by atoms with E-state index in [2.05, 4.69) is 32.2 Å². The molecule has 0 saturated heterocycles. The van der Waals surface area contributed by atoms with Gasteiger partial charge in [0, 0.05) is 23.4 Å². The number of anilines is 2. The molecule has 3 N–H and O–H groups in total. The van der Waals surface area contributed by atoms with Gasteiger partial charge in [-0.2, -0.15) is 0 Å².